The molecular weight excluding hydrogens is 345 g/mol. The molecule has 1 aliphatic rings. The normalized spacial score (nSPS) is 16.9. The van der Waals surface area contributed by atoms with Crippen LogP contribution in [0.4, 0.5) is 13.2 Å². The van der Waals surface area contributed by atoms with Gasteiger partial charge in [-0.05, 0) is 18.2 Å². The fraction of sp³-hybridized carbons (Fsp3) is 0.278. The van der Waals surface area contributed by atoms with Gasteiger partial charge in [0.05, 0.1) is 16.3 Å². The van der Waals surface area contributed by atoms with Crippen molar-refractivity contribution in [2.24, 2.45) is 7.05 Å². The average Bonchev–Trinajstić information content (AvgIpc) is 3.04. The predicted molar refractivity (Wildman–Crippen MR) is 90.9 cm³/mol. The molecule has 0 radical (unpaired) electrons. The first kappa shape index (κ1) is 16.6. The third-order valence-electron chi connectivity index (χ3n) is 4.46. The summed E-state index contributed by atoms with van der Waals surface area (Å²) in [5, 5.41) is 5.22. The molecule has 0 aliphatic heterocycles. The zero-order valence-corrected chi connectivity index (χ0v) is 14.1. The van der Waals surface area contributed by atoms with E-state index in [-0.39, 0.29) is 22.9 Å². The van der Waals surface area contributed by atoms with Crippen LogP contribution in [0.3, 0.4) is 0 Å². The Balaban J connectivity index is 2.00. The molecule has 134 valence electrons. The Morgan fingerprint density at radius 3 is 2.81 bits per heavy atom. The maximum absolute atomic E-state index is 13.7. The topological polar surface area (TPSA) is 52.2 Å². The van der Waals surface area contributed by atoms with Gasteiger partial charge in [-0.3, -0.25) is 14.3 Å². The molecule has 26 heavy (non-hydrogen) atoms. The molecule has 0 saturated heterocycles. The second kappa shape index (κ2) is 5.55. The van der Waals surface area contributed by atoms with Crippen molar-refractivity contribution in [3.05, 3.63) is 51.0 Å². The van der Waals surface area contributed by atoms with Crippen LogP contribution < -0.4 is 16.1 Å². The first-order chi connectivity index (χ1) is 12.3. The van der Waals surface area contributed by atoms with Gasteiger partial charge in [-0.25, -0.2) is 8.91 Å². The van der Waals surface area contributed by atoms with E-state index in [9.17, 15) is 18.0 Å². The van der Waals surface area contributed by atoms with Gasteiger partial charge in [-0.15, -0.1) is 0 Å². The van der Waals surface area contributed by atoms with E-state index >= 15 is 0 Å². The molecule has 0 saturated carbocycles. The minimum absolute atomic E-state index is 0.159. The van der Waals surface area contributed by atoms with E-state index in [0.29, 0.717) is 22.3 Å². The number of alkyl halides is 3. The predicted octanol–water partition coefficient (Wildman–Crippen LogP) is 1.51. The molecule has 4 rings (SSSR count). The maximum Gasteiger partial charge on any atom is 0.286 e. The van der Waals surface area contributed by atoms with Crippen molar-refractivity contribution in [3.63, 3.8) is 0 Å². The van der Waals surface area contributed by atoms with Crippen LogP contribution in [0.2, 0.25) is 0 Å². The Hall–Kier alpha value is -2.90. The first-order valence-corrected chi connectivity index (χ1v) is 8.05. The Bertz CT molecular complexity index is 1200. The van der Waals surface area contributed by atoms with Crippen LogP contribution in [0.15, 0.2) is 29.2 Å². The summed E-state index contributed by atoms with van der Waals surface area (Å²) >= 11 is 0. The van der Waals surface area contributed by atoms with Crippen molar-refractivity contribution in [1.82, 2.24) is 19.2 Å². The highest BCUT2D eigenvalue weighted by molar-refractivity contribution is 5.64. The van der Waals surface area contributed by atoms with Gasteiger partial charge in [0, 0.05) is 38.2 Å². The van der Waals surface area contributed by atoms with E-state index in [4.69, 9.17) is 0 Å². The van der Waals surface area contributed by atoms with Gasteiger partial charge in [0.2, 0.25) is 0 Å². The highest BCUT2D eigenvalue weighted by Gasteiger charge is 2.26. The van der Waals surface area contributed by atoms with Crippen LogP contribution >= 0.6 is 0 Å². The molecule has 1 unspecified atom stereocenters. The SMILES string of the molecule is Cn1c(=O)c2c(n3nc(-c4ccnc(C(C)(F)F)c4)cc13)=CCC(F)C=2. The summed E-state index contributed by atoms with van der Waals surface area (Å²) in [4.78, 5) is 16.2. The van der Waals surface area contributed by atoms with Gasteiger partial charge in [0.25, 0.3) is 11.5 Å². The average molecular weight is 360 g/mol. The smallest absolute Gasteiger partial charge is 0.286 e. The summed E-state index contributed by atoms with van der Waals surface area (Å²) in [6.07, 6.45) is 3.17. The van der Waals surface area contributed by atoms with Crippen molar-refractivity contribution in [2.45, 2.75) is 25.4 Å². The molecule has 0 aromatic carbocycles. The van der Waals surface area contributed by atoms with Gasteiger partial charge in [-0.1, -0.05) is 6.08 Å². The van der Waals surface area contributed by atoms with Crippen LogP contribution in [-0.2, 0) is 13.0 Å². The number of hydrogen-bond donors (Lipinski definition) is 0. The summed E-state index contributed by atoms with van der Waals surface area (Å²) in [6, 6.07) is 4.50. The standard InChI is InChI=1S/C18H15F3N4O/c1-18(20,21)15-7-10(5-6-22-15)13-9-16-24(2)17(26)12-8-11(19)3-4-14(12)25(16)23-13/h4-9,11H,3H2,1-2H3. The molecule has 0 bridgehead atoms. The number of aromatic nitrogens is 4. The Morgan fingerprint density at radius 2 is 2.08 bits per heavy atom. The lowest BCUT2D eigenvalue weighted by molar-refractivity contribution is 0.0128. The number of hydrogen-bond acceptors (Lipinski definition) is 3. The second-order valence-corrected chi connectivity index (χ2v) is 6.40. The highest BCUT2D eigenvalue weighted by atomic mass is 19.3. The van der Waals surface area contributed by atoms with Crippen LogP contribution in [-0.4, -0.2) is 25.3 Å². The maximum atomic E-state index is 13.7. The molecule has 3 heterocycles. The summed E-state index contributed by atoms with van der Waals surface area (Å²) in [5.74, 6) is -3.07. The third kappa shape index (κ3) is 2.53. The molecule has 0 N–H and O–H groups in total. The molecule has 0 fully saturated rings. The molecule has 0 amide bonds. The lowest BCUT2D eigenvalue weighted by atomic mass is 10.1. The van der Waals surface area contributed by atoms with E-state index in [1.807, 2.05) is 0 Å². The molecule has 8 heteroatoms. The number of pyridine rings is 1. The lowest BCUT2D eigenvalue weighted by Gasteiger charge is -2.09. The van der Waals surface area contributed by atoms with Gasteiger partial charge in [0.15, 0.2) is 0 Å². The van der Waals surface area contributed by atoms with Crippen molar-refractivity contribution in [3.8, 4) is 11.3 Å². The van der Waals surface area contributed by atoms with Crippen LogP contribution in [0, 0.1) is 0 Å². The summed E-state index contributed by atoms with van der Waals surface area (Å²) in [6.45, 7) is 0.779. The van der Waals surface area contributed by atoms with Gasteiger partial charge in [-0.2, -0.15) is 13.9 Å². The van der Waals surface area contributed by atoms with Gasteiger partial charge < -0.3 is 0 Å². The number of fused-ring (bicyclic) bond motifs is 3. The molecule has 0 spiro atoms. The third-order valence-corrected chi connectivity index (χ3v) is 4.46. The fourth-order valence-electron chi connectivity index (χ4n) is 3.09. The molecule has 5 nitrogen and oxygen atoms in total. The molecule has 1 atom stereocenters. The summed E-state index contributed by atoms with van der Waals surface area (Å²) < 4.78 is 43.7. The Morgan fingerprint density at radius 1 is 1.31 bits per heavy atom. The fourth-order valence-corrected chi connectivity index (χ4v) is 3.09. The summed E-state index contributed by atoms with van der Waals surface area (Å²) in [7, 11) is 1.57. The van der Waals surface area contributed by atoms with E-state index in [1.54, 1.807) is 29.8 Å². The van der Waals surface area contributed by atoms with E-state index in [0.717, 1.165) is 6.92 Å². The highest BCUT2D eigenvalue weighted by Crippen LogP contribution is 2.28. The monoisotopic (exact) mass is 360 g/mol. The molecular formula is C18H15F3N4O. The number of nitrogens with zero attached hydrogens (tertiary/aromatic N) is 4. The molecule has 3 aromatic rings. The second-order valence-electron chi connectivity index (χ2n) is 6.40. The van der Waals surface area contributed by atoms with E-state index in [1.165, 1.54) is 22.9 Å². The quantitative estimate of drug-likeness (QED) is 0.696. The van der Waals surface area contributed by atoms with E-state index < -0.39 is 12.1 Å². The van der Waals surface area contributed by atoms with Crippen molar-refractivity contribution in [2.75, 3.05) is 0 Å². The zero-order valence-electron chi connectivity index (χ0n) is 14.1. The number of halogens is 3. The largest absolute Gasteiger partial charge is 0.296 e. The first-order valence-electron chi connectivity index (χ1n) is 8.05. The minimum Gasteiger partial charge on any atom is -0.296 e. The van der Waals surface area contributed by atoms with Gasteiger partial charge >= 0.3 is 0 Å². The zero-order chi connectivity index (χ0) is 18.6. The van der Waals surface area contributed by atoms with E-state index in [2.05, 4.69) is 10.1 Å². The Kier molecular flexibility index (Phi) is 3.54. The summed E-state index contributed by atoms with van der Waals surface area (Å²) in [5.41, 5.74) is 0.699. The minimum atomic E-state index is -3.07. The number of aryl methyl sites for hydroxylation is 1. The van der Waals surface area contributed by atoms with Crippen LogP contribution in [0.5, 0.6) is 0 Å². The lowest BCUT2D eigenvalue weighted by Crippen LogP contribution is -2.50. The van der Waals surface area contributed by atoms with Crippen LogP contribution in [0.1, 0.15) is 19.0 Å². The van der Waals surface area contributed by atoms with Crippen LogP contribution in [0.25, 0.3) is 29.1 Å². The molecule has 3 aromatic heterocycles. The van der Waals surface area contributed by atoms with Crippen molar-refractivity contribution >= 4 is 17.8 Å². The molecule has 1 aliphatic carbocycles. The Labute approximate surface area is 145 Å². The number of rotatable bonds is 2. The van der Waals surface area contributed by atoms with Gasteiger partial charge in [0.1, 0.15) is 17.5 Å². The van der Waals surface area contributed by atoms with Crippen molar-refractivity contribution < 1.29 is 13.2 Å². The van der Waals surface area contributed by atoms with Crippen molar-refractivity contribution in [1.29, 1.82) is 0 Å².